The smallest absolute Gasteiger partial charge is 0.340 e. The van der Waals surface area contributed by atoms with Gasteiger partial charge in [-0.05, 0) is 6.92 Å². The summed E-state index contributed by atoms with van der Waals surface area (Å²) in [7, 11) is 0. The third kappa shape index (κ3) is 4.44. The molecule has 1 saturated heterocycles. The Hall–Kier alpha value is -2.24. The minimum absolute atomic E-state index is 0.0399. The zero-order valence-electron chi connectivity index (χ0n) is 13.3. The van der Waals surface area contributed by atoms with Gasteiger partial charge in [0.05, 0.1) is 17.9 Å². The summed E-state index contributed by atoms with van der Waals surface area (Å²) >= 11 is 5.45. The van der Waals surface area contributed by atoms with Crippen LogP contribution in [0.1, 0.15) is 18.2 Å². The number of aryl methyl sites for hydroxylation is 1. The number of alkyl halides is 1. The maximum Gasteiger partial charge on any atom is 0.340 e. The van der Waals surface area contributed by atoms with Crippen molar-refractivity contribution < 1.29 is 14.6 Å². The SMILES string of the molecule is Cc1cn(C2CC(O)C(CNC(=O)N(CCCl)N=O)O2)c(=O)[nH]c1=O. The lowest BCUT2D eigenvalue weighted by molar-refractivity contribution is -0.0184. The number of hydrogen-bond donors (Lipinski definition) is 3. The van der Waals surface area contributed by atoms with Crippen LogP contribution in [-0.2, 0) is 4.74 Å². The Balaban J connectivity index is 2.01. The van der Waals surface area contributed by atoms with Crippen molar-refractivity contribution in [3.8, 4) is 0 Å². The van der Waals surface area contributed by atoms with Crippen LogP contribution in [0, 0.1) is 11.8 Å². The van der Waals surface area contributed by atoms with E-state index in [2.05, 4.69) is 15.6 Å². The van der Waals surface area contributed by atoms with E-state index in [1.54, 1.807) is 0 Å². The molecule has 3 unspecified atom stereocenters. The van der Waals surface area contributed by atoms with Crippen LogP contribution in [0.4, 0.5) is 4.79 Å². The molecule has 2 heterocycles. The molecule has 25 heavy (non-hydrogen) atoms. The van der Waals surface area contributed by atoms with Gasteiger partial charge >= 0.3 is 11.7 Å². The van der Waals surface area contributed by atoms with E-state index in [1.165, 1.54) is 17.7 Å². The predicted octanol–water partition coefficient (Wildman–Crippen LogP) is -0.575. The molecule has 2 rings (SSSR count). The third-order valence-corrected chi connectivity index (χ3v) is 3.91. The molecular weight excluding hydrogens is 358 g/mol. The number of nitrogens with one attached hydrogen (secondary N) is 2. The molecule has 3 N–H and O–H groups in total. The van der Waals surface area contributed by atoms with Crippen LogP contribution in [0.2, 0.25) is 0 Å². The summed E-state index contributed by atoms with van der Waals surface area (Å²) in [6, 6.07) is -0.771. The van der Waals surface area contributed by atoms with Crippen LogP contribution in [0.15, 0.2) is 21.1 Å². The Morgan fingerprint density at radius 3 is 2.96 bits per heavy atom. The lowest BCUT2D eigenvalue weighted by Gasteiger charge is -2.18. The monoisotopic (exact) mass is 375 g/mol. The molecule has 1 aromatic heterocycles. The van der Waals surface area contributed by atoms with Gasteiger partial charge in [-0.1, -0.05) is 0 Å². The number of halogens is 1. The van der Waals surface area contributed by atoms with Gasteiger partial charge in [0, 0.05) is 30.6 Å². The van der Waals surface area contributed by atoms with Crippen molar-refractivity contribution in [3.63, 3.8) is 0 Å². The lowest BCUT2D eigenvalue weighted by Crippen LogP contribution is -2.43. The maximum atomic E-state index is 11.9. The molecule has 3 atom stereocenters. The molecule has 0 radical (unpaired) electrons. The van der Waals surface area contributed by atoms with Crippen molar-refractivity contribution >= 4 is 17.6 Å². The van der Waals surface area contributed by atoms with Crippen molar-refractivity contribution in [2.24, 2.45) is 5.29 Å². The molecule has 0 aromatic carbocycles. The van der Waals surface area contributed by atoms with Crippen LogP contribution in [0.25, 0.3) is 0 Å². The fraction of sp³-hybridized carbons (Fsp3) is 0.615. The number of carbonyl (C=O) groups is 1. The van der Waals surface area contributed by atoms with Gasteiger partial charge in [-0.25, -0.2) is 9.59 Å². The lowest BCUT2D eigenvalue weighted by atomic mass is 10.2. The minimum atomic E-state index is -0.949. The Morgan fingerprint density at radius 1 is 1.60 bits per heavy atom. The summed E-state index contributed by atoms with van der Waals surface area (Å²) in [5, 5.41) is 15.6. The number of rotatable bonds is 6. The molecule has 0 bridgehead atoms. The molecule has 1 aliphatic heterocycles. The van der Waals surface area contributed by atoms with E-state index < -0.39 is 35.7 Å². The third-order valence-electron chi connectivity index (χ3n) is 3.74. The molecule has 12 heteroatoms. The van der Waals surface area contributed by atoms with Gasteiger partial charge < -0.3 is 15.2 Å². The van der Waals surface area contributed by atoms with Crippen LogP contribution in [0.5, 0.6) is 0 Å². The fourth-order valence-electron chi connectivity index (χ4n) is 2.41. The number of aromatic amines is 1. The molecule has 1 aliphatic rings. The predicted molar refractivity (Wildman–Crippen MR) is 87.2 cm³/mol. The van der Waals surface area contributed by atoms with Crippen LogP contribution < -0.4 is 16.6 Å². The van der Waals surface area contributed by atoms with Gasteiger partial charge in [0.25, 0.3) is 5.56 Å². The highest BCUT2D eigenvalue weighted by molar-refractivity contribution is 6.18. The Labute approximate surface area is 146 Å². The summed E-state index contributed by atoms with van der Waals surface area (Å²) < 4.78 is 6.76. The Morgan fingerprint density at radius 2 is 2.32 bits per heavy atom. The van der Waals surface area contributed by atoms with E-state index >= 15 is 0 Å². The second kappa shape index (κ2) is 8.23. The van der Waals surface area contributed by atoms with E-state index in [-0.39, 0.29) is 25.4 Å². The second-order valence-electron chi connectivity index (χ2n) is 5.49. The highest BCUT2D eigenvalue weighted by atomic mass is 35.5. The number of aromatic nitrogens is 2. The molecule has 138 valence electrons. The van der Waals surface area contributed by atoms with E-state index in [1.807, 2.05) is 0 Å². The van der Waals surface area contributed by atoms with Crippen LogP contribution in [-0.4, -0.2) is 56.9 Å². The van der Waals surface area contributed by atoms with Crippen molar-refractivity contribution in [3.05, 3.63) is 37.5 Å². The van der Waals surface area contributed by atoms with Crippen molar-refractivity contribution in [2.75, 3.05) is 19.0 Å². The van der Waals surface area contributed by atoms with Gasteiger partial charge in [-0.3, -0.25) is 14.3 Å². The first-order valence-corrected chi connectivity index (χ1v) is 8.01. The van der Waals surface area contributed by atoms with Gasteiger partial charge in [0.2, 0.25) is 0 Å². The number of H-pyrrole nitrogens is 1. The Kier molecular flexibility index (Phi) is 6.28. The van der Waals surface area contributed by atoms with Gasteiger partial charge in [0.15, 0.2) is 0 Å². The first-order valence-electron chi connectivity index (χ1n) is 7.47. The standard InChI is InChI=1S/C13H18ClN5O6/c1-7-6-18(13(23)16-11(7)21)10-4-8(20)9(25-10)5-15-12(22)19(17-24)3-2-14/h6,8-10,20H,2-5H2,1H3,(H,15,22)(H,16,21,23). The van der Waals surface area contributed by atoms with E-state index in [0.29, 0.717) is 10.6 Å². The highest BCUT2D eigenvalue weighted by Gasteiger charge is 2.36. The fourth-order valence-corrected chi connectivity index (χ4v) is 2.57. The molecular formula is C13H18ClN5O6. The minimum Gasteiger partial charge on any atom is -0.390 e. The number of aliphatic hydroxyl groups excluding tert-OH is 1. The molecule has 2 amide bonds. The maximum absolute atomic E-state index is 11.9. The van der Waals surface area contributed by atoms with E-state index in [0.717, 1.165) is 0 Å². The number of hydrogen-bond acceptors (Lipinski definition) is 7. The summed E-state index contributed by atoms with van der Waals surface area (Å²) in [5.41, 5.74) is -0.830. The summed E-state index contributed by atoms with van der Waals surface area (Å²) in [4.78, 5) is 47.7. The summed E-state index contributed by atoms with van der Waals surface area (Å²) in [5.74, 6) is 0.0399. The van der Waals surface area contributed by atoms with Gasteiger partial charge in [0.1, 0.15) is 12.3 Å². The van der Waals surface area contributed by atoms with Crippen LogP contribution >= 0.6 is 11.6 Å². The first-order chi connectivity index (χ1) is 11.9. The molecule has 0 aliphatic carbocycles. The summed E-state index contributed by atoms with van der Waals surface area (Å²) in [6.07, 6.45) is -1.09. The highest BCUT2D eigenvalue weighted by Crippen LogP contribution is 2.27. The van der Waals surface area contributed by atoms with E-state index in [9.17, 15) is 24.4 Å². The molecule has 1 fully saturated rings. The van der Waals surface area contributed by atoms with Crippen molar-refractivity contribution in [2.45, 2.75) is 31.8 Å². The van der Waals surface area contributed by atoms with E-state index in [4.69, 9.17) is 16.3 Å². The molecule has 0 spiro atoms. The van der Waals surface area contributed by atoms with Crippen molar-refractivity contribution in [1.29, 1.82) is 0 Å². The average Bonchev–Trinajstić information content (AvgIpc) is 2.94. The van der Waals surface area contributed by atoms with Gasteiger partial charge in [-0.15, -0.1) is 16.5 Å². The normalized spacial score (nSPS) is 22.6. The number of amides is 2. The van der Waals surface area contributed by atoms with Gasteiger partial charge in [-0.2, -0.15) is 5.01 Å². The second-order valence-corrected chi connectivity index (χ2v) is 5.87. The average molecular weight is 376 g/mol. The van der Waals surface area contributed by atoms with Crippen molar-refractivity contribution in [1.82, 2.24) is 19.9 Å². The van der Waals surface area contributed by atoms with Crippen LogP contribution in [0.3, 0.4) is 0 Å². The largest absolute Gasteiger partial charge is 0.390 e. The number of nitrogens with zero attached hydrogens (tertiary/aromatic N) is 3. The number of nitroso groups, excluding NO2 is 1. The number of urea groups is 1. The first kappa shape index (κ1) is 19.1. The number of ether oxygens (including phenoxy) is 1. The topological polar surface area (TPSA) is 146 Å². The quantitative estimate of drug-likeness (QED) is 0.344. The Bertz CT molecular complexity index is 749. The zero-order valence-corrected chi connectivity index (χ0v) is 14.1. The number of aliphatic hydroxyl groups is 1. The summed E-state index contributed by atoms with van der Waals surface area (Å²) in [6.45, 7) is 1.39. The zero-order chi connectivity index (χ0) is 18.6. The molecule has 0 saturated carbocycles. The molecule has 11 nitrogen and oxygen atoms in total. The molecule has 1 aromatic rings. The number of carbonyl (C=O) groups excluding carboxylic acids is 1.